The minimum atomic E-state index is -0.00380. The molecule has 0 amide bonds. The zero-order valence-corrected chi connectivity index (χ0v) is 11.0. The Kier molecular flexibility index (Phi) is 3.79. The highest BCUT2D eigenvalue weighted by Crippen LogP contribution is 2.13. The summed E-state index contributed by atoms with van der Waals surface area (Å²) in [5.41, 5.74) is 0.907. The maximum absolute atomic E-state index is 12.1. The van der Waals surface area contributed by atoms with E-state index in [4.69, 9.17) is 4.74 Å². The summed E-state index contributed by atoms with van der Waals surface area (Å²) in [4.78, 5) is 14.2. The topological polar surface area (TPSA) is 59.4 Å². The van der Waals surface area contributed by atoms with Gasteiger partial charge in [-0.05, 0) is 25.4 Å². The fourth-order valence-electron chi connectivity index (χ4n) is 2.67. The highest BCUT2D eigenvalue weighted by atomic mass is 16.5. The molecule has 6 nitrogen and oxygen atoms in total. The molecule has 1 aromatic heterocycles. The van der Waals surface area contributed by atoms with Gasteiger partial charge in [0.15, 0.2) is 0 Å². The Morgan fingerprint density at radius 1 is 1.42 bits per heavy atom. The lowest BCUT2D eigenvalue weighted by Crippen LogP contribution is -2.37. The molecule has 1 N–H and O–H groups in total. The van der Waals surface area contributed by atoms with Gasteiger partial charge in [-0.3, -0.25) is 4.79 Å². The quantitative estimate of drug-likeness (QED) is 0.811. The van der Waals surface area contributed by atoms with Crippen LogP contribution in [0.4, 0.5) is 5.69 Å². The molecular weight excluding hydrogens is 244 g/mol. The molecule has 0 saturated carbocycles. The van der Waals surface area contributed by atoms with Crippen molar-refractivity contribution in [2.24, 2.45) is 5.92 Å². The van der Waals surface area contributed by atoms with Gasteiger partial charge in [-0.1, -0.05) is 0 Å². The number of morpholine rings is 1. The molecule has 1 aromatic rings. The van der Waals surface area contributed by atoms with Gasteiger partial charge in [0.2, 0.25) is 0 Å². The predicted octanol–water partition coefficient (Wildman–Crippen LogP) is -0.311. The largest absolute Gasteiger partial charge is 0.378 e. The van der Waals surface area contributed by atoms with Gasteiger partial charge in [0, 0.05) is 25.7 Å². The van der Waals surface area contributed by atoms with E-state index in [1.165, 1.54) is 0 Å². The van der Waals surface area contributed by atoms with Crippen molar-refractivity contribution in [3.05, 3.63) is 22.6 Å². The average Bonchev–Trinajstić information content (AvgIpc) is 2.95. The molecule has 2 saturated heterocycles. The number of ether oxygens (including phenoxy) is 1. The van der Waals surface area contributed by atoms with Gasteiger partial charge in [-0.25, -0.2) is 4.68 Å². The van der Waals surface area contributed by atoms with Gasteiger partial charge in [0.25, 0.3) is 5.56 Å². The molecule has 2 aliphatic rings. The highest BCUT2D eigenvalue weighted by Gasteiger charge is 2.17. The van der Waals surface area contributed by atoms with Crippen LogP contribution in [0.5, 0.6) is 0 Å². The van der Waals surface area contributed by atoms with Gasteiger partial charge < -0.3 is 15.0 Å². The van der Waals surface area contributed by atoms with Crippen LogP contribution in [0.3, 0.4) is 0 Å². The van der Waals surface area contributed by atoms with Crippen molar-refractivity contribution >= 4 is 5.69 Å². The standard InChI is InChI=1S/C13H20N4O2/c18-13-7-12(16-3-5-19-6-4-16)9-15-17(13)10-11-1-2-14-8-11/h7,9,11,14H,1-6,8,10H2/t11-/m1/s1. The third-order valence-electron chi connectivity index (χ3n) is 3.82. The third-order valence-corrected chi connectivity index (χ3v) is 3.82. The molecule has 2 aliphatic heterocycles. The molecule has 0 bridgehead atoms. The van der Waals surface area contributed by atoms with Crippen LogP contribution in [-0.4, -0.2) is 49.2 Å². The summed E-state index contributed by atoms with van der Waals surface area (Å²) in [6.07, 6.45) is 2.93. The van der Waals surface area contributed by atoms with E-state index < -0.39 is 0 Å². The second kappa shape index (κ2) is 5.71. The van der Waals surface area contributed by atoms with Crippen LogP contribution in [0, 0.1) is 5.92 Å². The summed E-state index contributed by atoms with van der Waals surface area (Å²) in [5, 5.41) is 7.62. The van der Waals surface area contributed by atoms with Crippen LogP contribution in [0.2, 0.25) is 0 Å². The van der Waals surface area contributed by atoms with Crippen LogP contribution in [0.1, 0.15) is 6.42 Å². The first-order valence-electron chi connectivity index (χ1n) is 6.93. The number of nitrogens with zero attached hydrogens (tertiary/aromatic N) is 3. The van der Waals surface area contributed by atoms with Crippen LogP contribution in [0.25, 0.3) is 0 Å². The number of nitrogens with one attached hydrogen (secondary N) is 1. The molecule has 0 aliphatic carbocycles. The molecule has 19 heavy (non-hydrogen) atoms. The molecule has 2 fully saturated rings. The maximum Gasteiger partial charge on any atom is 0.268 e. The number of rotatable bonds is 3. The smallest absolute Gasteiger partial charge is 0.268 e. The molecular formula is C13H20N4O2. The summed E-state index contributed by atoms with van der Waals surface area (Å²) >= 11 is 0. The van der Waals surface area contributed by atoms with Crippen LogP contribution < -0.4 is 15.8 Å². The van der Waals surface area contributed by atoms with Crippen molar-refractivity contribution in [2.45, 2.75) is 13.0 Å². The molecule has 0 spiro atoms. The monoisotopic (exact) mass is 264 g/mol. The second-order valence-corrected chi connectivity index (χ2v) is 5.19. The van der Waals surface area contributed by atoms with E-state index >= 15 is 0 Å². The minimum Gasteiger partial charge on any atom is -0.378 e. The van der Waals surface area contributed by atoms with Gasteiger partial charge >= 0.3 is 0 Å². The number of hydrogen-bond acceptors (Lipinski definition) is 5. The molecule has 0 radical (unpaired) electrons. The molecule has 0 unspecified atom stereocenters. The van der Waals surface area contributed by atoms with E-state index in [0.29, 0.717) is 5.92 Å². The van der Waals surface area contributed by atoms with Crippen LogP contribution in [0.15, 0.2) is 17.1 Å². The van der Waals surface area contributed by atoms with Gasteiger partial charge in [-0.2, -0.15) is 5.10 Å². The van der Waals surface area contributed by atoms with Crippen molar-refractivity contribution < 1.29 is 4.74 Å². The van der Waals surface area contributed by atoms with E-state index in [0.717, 1.165) is 58.0 Å². The highest BCUT2D eigenvalue weighted by molar-refractivity contribution is 5.43. The molecule has 104 valence electrons. The first-order chi connectivity index (χ1) is 9.33. The van der Waals surface area contributed by atoms with Gasteiger partial charge in [0.05, 0.1) is 25.1 Å². The lowest BCUT2D eigenvalue weighted by Gasteiger charge is -2.28. The van der Waals surface area contributed by atoms with E-state index in [1.807, 2.05) is 0 Å². The van der Waals surface area contributed by atoms with E-state index in [2.05, 4.69) is 15.3 Å². The normalized spacial score (nSPS) is 23.8. The van der Waals surface area contributed by atoms with Gasteiger partial charge in [0.1, 0.15) is 0 Å². The second-order valence-electron chi connectivity index (χ2n) is 5.19. The first kappa shape index (κ1) is 12.6. The fraction of sp³-hybridized carbons (Fsp3) is 0.692. The summed E-state index contributed by atoms with van der Waals surface area (Å²) in [5.74, 6) is 0.527. The van der Waals surface area contributed by atoms with E-state index in [1.54, 1.807) is 16.9 Å². The summed E-state index contributed by atoms with van der Waals surface area (Å²) < 4.78 is 6.90. The first-order valence-corrected chi connectivity index (χ1v) is 6.93. The summed E-state index contributed by atoms with van der Waals surface area (Å²) in [6.45, 7) is 5.85. The lowest BCUT2D eigenvalue weighted by molar-refractivity contribution is 0.122. The van der Waals surface area contributed by atoms with Crippen LogP contribution in [-0.2, 0) is 11.3 Å². The SMILES string of the molecule is O=c1cc(N2CCOCC2)cnn1C[C@@H]1CCNC1. The summed E-state index contributed by atoms with van der Waals surface area (Å²) in [7, 11) is 0. The van der Waals surface area contributed by atoms with Gasteiger partial charge in [-0.15, -0.1) is 0 Å². The molecule has 3 heterocycles. The minimum absolute atomic E-state index is 0.00380. The zero-order valence-electron chi connectivity index (χ0n) is 11.0. The zero-order chi connectivity index (χ0) is 13.1. The van der Waals surface area contributed by atoms with Crippen molar-refractivity contribution in [1.29, 1.82) is 0 Å². The van der Waals surface area contributed by atoms with Crippen molar-refractivity contribution in [2.75, 3.05) is 44.3 Å². The van der Waals surface area contributed by atoms with Crippen molar-refractivity contribution in [3.63, 3.8) is 0 Å². The molecule has 6 heteroatoms. The van der Waals surface area contributed by atoms with Crippen molar-refractivity contribution in [1.82, 2.24) is 15.1 Å². The Bertz CT molecular complexity index is 476. The number of anilines is 1. The lowest BCUT2D eigenvalue weighted by atomic mass is 10.1. The molecule has 3 rings (SSSR count). The average molecular weight is 264 g/mol. The Morgan fingerprint density at radius 2 is 2.26 bits per heavy atom. The molecule has 1 atom stereocenters. The number of aromatic nitrogens is 2. The third kappa shape index (κ3) is 2.96. The molecule has 0 aromatic carbocycles. The Labute approximate surface area is 112 Å². The Morgan fingerprint density at radius 3 is 2.95 bits per heavy atom. The number of hydrogen-bond donors (Lipinski definition) is 1. The van der Waals surface area contributed by atoms with Crippen LogP contribution >= 0.6 is 0 Å². The summed E-state index contributed by atoms with van der Waals surface area (Å²) in [6, 6.07) is 1.70. The predicted molar refractivity (Wildman–Crippen MR) is 72.5 cm³/mol. The Hall–Kier alpha value is -1.40. The Balaban J connectivity index is 1.71. The van der Waals surface area contributed by atoms with Crippen molar-refractivity contribution in [3.8, 4) is 0 Å². The van der Waals surface area contributed by atoms with E-state index in [9.17, 15) is 4.79 Å². The maximum atomic E-state index is 12.1. The van der Waals surface area contributed by atoms with E-state index in [-0.39, 0.29) is 5.56 Å². The fourth-order valence-corrected chi connectivity index (χ4v) is 2.67.